The number of para-hydroxylation sites is 1. The summed E-state index contributed by atoms with van der Waals surface area (Å²) in [6.07, 6.45) is 0.0102. The van der Waals surface area contributed by atoms with E-state index in [-0.39, 0.29) is 5.91 Å². The van der Waals surface area contributed by atoms with Gasteiger partial charge in [0.15, 0.2) is 6.10 Å². The molecule has 122 valence electrons. The third kappa shape index (κ3) is 4.73. The number of anilines is 1. The molecule has 0 aromatic heterocycles. The minimum absolute atomic E-state index is 0.152. The van der Waals surface area contributed by atoms with Crippen molar-refractivity contribution in [1.82, 2.24) is 0 Å². The maximum atomic E-state index is 12.5. The number of amides is 1. The standard InChI is InChI=1S/C19H22ClNO2/c1-4-18(23-15-9-7-8-14(20)12-15)19(22)21-17-11-6-5-10-16(17)13(2)3/h5-13,18H,4H2,1-3H3,(H,21,22)/t18-/m0/s1. The molecule has 0 saturated carbocycles. The molecule has 0 aliphatic heterocycles. The predicted octanol–water partition coefficient (Wildman–Crippen LogP) is 5.26. The van der Waals surface area contributed by atoms with Crippen molar-refractivity contribution >= 4 is 23.2 Å². The molecule has 0 spiro atoms. The normalized spacial score (nSPS) is 12.0. The summed E-state index contributed by atoms with van der Waals surface area (Å²) in [6, 6.07) is 14.9. The van der Waals surface area contributed by atoms with E-state index in [1.54, 1.807) is 24.3 Å². The van der Waals surface area contributed by atoms with Crippen LogP contribution in [0.3, 0.4) is 0 Å². The average Bonchev–Trinajstić information content (AvgIpc) is 2.53. The van der Waals surface area contributed by atoms with Crippen LogP contribution >= 0.6 is 11.6 Å². The topological polar surface area (TPSA) is 38.3 Å². The van der Waals surface area contributed by atoms with Gasteiger partial charge in [-0.15, -0.1) is 0 Å². The van der Waals surface area contributed by atoms with Gasteiger partial charge >= 0.3 is 0 Å². The van der Waals surface area contributed by atoms with Gasteiger partial charge in [0.1, 0.15) is 5.75 Å². The summed E-state index contributed by atoms with van der Waals surface area (Å²) in [5, 5.41) is 3.57. The van der Waals surface area contributed by atoms with Gasteiger partial charge in [-0.3, -0.25) is 4.79 Å². The predicted molar refractivity (Wildman–Crippen MR) is 95.3 cm³/mol. The van der Waals surface area contributed by atoms with Gasteiger partial charge in [-0.25, -0.2) is 0 Å². The number of carbonyl (C=O) groups is 1. The quantitative estimate of drug-likeness (QED) is 0.784. The highest BCUT2D eigenvalue weighted by Crippen LogP contribution is 2.25. The molecule has 2 aromatic carbocycles. The lowest BCUT2D eigenvalue weighted by Crippen LogP contribution is -2.32. The van der Waals surface area contributed by atoms with Gasteiger partial charge in [0.2, 0.25) is 0 Å². The molecule has 0 fully saturated rings. The first-order chi connectivity index (χ1) is 11.0. The third-order valence-electron chi connectivity index (χ3n) is 3.58. The van der Waals surface area contributed by atoms with Crippen molar-refractivity contribution in [2.75, 3.05) is 5.32 Å². The van der Waals surface area contributed by atoms with E-state index in [0.29, 0.717) is 23.1 Å². The molecule has 1 amide bonds. The highest BCUT2D eigenvalue weighted by Gasteiger charge is 2.20. The number of halogens is 1. The van der Waals surface area contributed by atoms with Crippen LogP contribution in [-0.2, 0) is 4.79 Å². The summed E-state index contributed by atoms with van der Waals surface area (Å²) in [7, 11) is 0. The highest BCUT2D eigenvalue weighted by molar-refractivity contribution is 6.30. The Labute approximate surface area is 142 Å². The van der Waals surface area contributed by atoms with Crippen molar-refractivity contribution in [2.24, 2.45) is 0 Å². The number of benzene rings is 2. The van der Waals surface area contributed by atoms with Crippen LogP contribution in [0.2, 0.25) is 5.02 Å². The minimum atomic E-state index is -0.561. The molecular formula is C19H22ClNO2. The second-order valence-electron chi connectivity index (χ2n) is 5.70. The van der Waals surface area contributed by atoms with Crippen molar-refractivity contribution in [3.8, 4) is 5.75 Å². The number of hydrogen-bond donors (Lipinski definition) is 1. The molecule has 2 rings (SSSR count). The Bertz CT molecular complexity index is 670. The number of hydrogen-bond acceptors (Lipinski definition) is 2. The molecule has 4 heteroatoms. The van der Waals surface area contributed by atoms with E-state index in [2.05, 4.69) is 19.2 Å². The second kappa shape index (κ2) is 8.02. The summed E-state index contributed by atoms with van der Waals surface area (Å²) >= 11 is 5.96. The number of rotatable bonds is 6. The molecule has 0 unspecified atom stereocenters. The van der Waals surface area contributed by atoms with Gasteiger partial charge in [0, 0.05) is 10.7 Å². The largest absolute Gasteiger partial charge is 0.481 e. The fourth-order valence-electron chi connectivity index (χ4n) is 2.35. The lowest BCUT2D eigenvalue weighted by Gasteiger charge is -2.19. The first-order valence-electron chi connectivity index (χ1n) is 7.83. The van der Waals surface area contributed by atoms with Crippen LogP contribution in [0.15, 0.2) is 48.5 Å². The molecule has 0 heterocycles. The lowest BCUT2D eigenvalue weighted by atomic mass is 10.0. The molecule has 23 heavy (non-hydrogen) atoms. The maximum Gasteiger partial charge on any atom is 0.265 e. The van der Waals surface area contributed by atoms with Crippen molar-refractivity contribution in [3.63, 3.8) is 0 Å². The fourth-order valence-corrected chi connectivity index (χ4v) is 2.53. The fraction of sp³-hybridized carbons (Fsp3) is 0.316. The Balaban J connectivity index is 2.12. The van der Waals surface area contributed by atoms with E-state index < -0.39 is 6.10 Å². The zero-order chi connectivity index (χ0) is 16.8. The Morgan fingerprint density at radius 2 is 1.91 bits per heavy atom. The molecule has 0 radical (unpaired) electrons. The number of carbonyl (C=O) groups excluding carboxylic acids is 1. The lowest BCUT2D eigenvalue weighted by molar-refractivity contribution is -0.122. The SMILES string of the molecule is CC[C@H](Oc1cccc(Cl)c1)C(=O)Nc1ccccc1C(C)C. The van der Waals surface area contributed by atoms with E-state index in [1.807, 2.05) is 31.2 Å². The number of nitrogens with one attached hydrogen (secondary N) is 1. The molecule has 1 N–H and O–H groups in total. The van der Waals surface area contributed by atoms with Gasteiger partial charge in [-0.2, -0.15) is 0 Å². The molecule has 0 saturated heterocycles. The van der Waals surface area contributed by atoms with Crippen LogP contribution in [0.4, 0.5) is 5.69 Å². The van der Waals surface area contributed by atoms with Crippen LogP contribution in [0.1, 0.15) is 38.7 Å². The molecular weight excluding hydrogens is 310 g/mol. The van der Waals surface area contributed by atoms with Gasteiger partial charge in [0.05, 0.1) is 0 Å². The Kier molecular flexibility index (Phi) is 6.05. The third-order valence-corrected chi connectivity index (χ3v) is 3.81. The monoisotopic (exact) mass is 331 g/mol. The van der Waals surface area contributed by atoms with E-state index in [4.69, 9.17) is 16.3 Å². The van der Waals surface area contributed by atoms with Crippen LogP contribution in [0.25, 0.3) is 0 Å². The van der Waals surface area contributed by atoms with Crippen molar-refractivity contribution in [1.29, 1.82) is 0 Å². The van der Waals surface area contributed by atoms with E-state index in [0.717, 1.165) is 11.3 Å². The Morgan fingerprint density at radius 1 is 1.17 bits per heavy atom. The van der Waals surface area contributed by atoms with E-state index in [9.17, 15) is 4.79 Å². The summed E-state index contributed by atoms with van der Waals surface area (Å²) in [5.74, 6) is 0.776. The van der Waals surface area contributed by atoms with Crippen molar-refractivity contribution in [3.05, 3.63) is 59.1 Å². The number of ether oxygens (including phenoxy) is 1. The zero-order valence-electron chi connectivity index (χ0n) is 13.7. The molecule has 0 aliphatic carbocycles. The zero-order valence-corrected chi connectivity index (χ0v) is 14.4. The highest BCUT2D eigenvalue weighted by atomic mass is 35.5. The molecule has 3 nitrogen and oxygen atoms in total. The first-order valence-corrected chi connectivity index (χ1v) is 8.21. The van der Waals surface area contributed by atoms with Gasteiger partial charge in [0.25, 0.3) is 5.91 Å². The minimum Gasteiger partial charge on any atom is -0.481 e. The summed E-state index contributed by atoms with van der Waals surface area (Å²) in [5.41, 5.74) is 1.94. The smallest absolute Gasteiger partial charge is 0.265 e. The van der Waals surface area contributed by atoms with E-state index in [1.165, 1.54) is 0 Å². The molecule has 0 aliphatic rings. The van der Waals surface area contributed by atoms with Crippen LogP contribution < -0.4 is 10.1 Å². The van der Waals surface area contributed by atoms with Crippen LogP contribution in [0, 0.1) is 0 Å². The summed E-state index contributed by atoms with van der Waals surface area (Å²) in [6.45, 7) is 6.12. The molecule has 2 aromatic rings. The molecule has 1 atom stereocenters. The van der Waals surface area contributed by atoms with Crippen LogP contribution in [0.5, 0.6) is 5.75 Å². The van der Waals surface area contributed by atoms with Gasteiger partial charge in [-0.05, 0) is 42.2 Å². The Hall–Kier alpha value is -2.00. The van der Waals surface area contributed by atoms with Crippen LogP contribution in [-0.4, -0.2) is 12.0 Å². The summed E-state index contributed by atoms with van der Waals surface area (Å²) in [4.78, 5) is 12.5. The first kappa shape index (κ1) is 17.4. The summed E-state index contributed by atoms with van der Waals surface area (Å²) < 4.78 is 5.78. The van der Waals surface area contributed by atoms with E-state index >= 15 is 0 Å². The Morgan fingerprint density at radius 3 is 2.57 bits per heavy atom. The molecule has 0 bridgehead atoms. The maximum absolute atomic E-state index is 12.5. The second-order valence-corrected chi connectivity index (χ2v) is 6.14. The van der Waals surface area contributed by atoms with Crippen molar-refractivity contribution in [2.45, 2.75) is 39.2 Å². The van der Waals surface area contributed by atoms with Gasteiger partial charge in [-0.1, -0.05) is 56.6 Å². The van der Waals surface area contributed by atoms with Gasteiger partial charge < -0.3 is 10.1 Å². The average molecular weight is 332 g/mol. The van der Waals surface area contributed by atoms with Crippen molar-refractivity contribution < 1.29 is 9.53 Å².